The van der Waals surface area contributed by atoms with E-state index < -0.39 is 0 Å². The van der Waals surface area contributed by atoms with Crippen molar-refractivity contribution in [1.29, 1.82) is 0 Å². The summed E-state index contributed by atoms with van der Waals surface area (Å²) in [7, 11) is 0. The standard InChI is InChI=1S/C18H17Cl2NO4/c1-12(22)21-14-7-5-13(6-8-14)11-17(23)24-9-10-25-18-15(19)3-2-4-16(18)20/h2-8H,9-11H2,1H3,(H,21,22). The zero-order chi connectivity index (χ0) is 18.2. The fourth-order valence-electron chi connectivity index (χ4n) is 2.05. The third-order valence-electron chi connectivity index (χ3n) is 3.13. The Morgan fingerprint density at radius 1 is 1.00 bits per heavy atom. The van der Waals surface area contributed by atoms with Crippen LogP contribution in [0.25, 0.3) is 0 Å². The molecule has 2 aromatic rings. The molecule has 0 fully saturated rings. The van der Waals surface area contributed by atoms with E-state index in [2.05, 4.69) is 5.32 Å². The normalized spacial score (nSPS) is 10.2. The molecular formula is C18H17Cl2NO4. The number of ether oxygens (including phenoxy) is 2. The van der Waals surface area contributed by atoms with Crippen molar-refractivity contribution < 1.29 is 19.1 Å². The van der Waals surface area contributed by atoms with Gasteiger partial charge < -0.3 is 14.8 Å². The number of hydrogen-bond acceptors (Lipinski definition) is 4. The molecule has 0 heterocycles. The lowest BCUT2D eigenvalue weighted by atomic mass is 10.1. The molecule has 7 heteroatoms. The average Bonchev–Trinajstić information content (AvgIpc) is 2.55. The summed E-state index contributed by atoms with van der Waals surface area (Å²) < 4.78 is 10.6. The van der Waals surface area contributed by atoms with Crippen molar-refractivity contribution in [2.45, 2.75) is 13.3 Å². The number of nitrogens with one attached hydrogen (secondary N) is 1. The van der Waals surface area contributed by atoms with Crippen molar-refractivity contribution in [2.24, 2.45) is 0 Å². The first-order valence-electron chi connectivity index (χ1n) is 7.54. The Hall–Kier alpha value is -2.24. The van der Waals surface area contributed by atoms with Gasteiger partial charge in [0.25, 0.3) is 0 Å². The van der Waals surface area contributed by atoms with Crippen molar-refractivity contribution in [3.63, 3.8) is 0 Å². The smallest absolute Gasteiger partial charge is 0.310 e. The number of para-hydroxylation sites is 1. The molecule has 0 saturated carbocycles. The van der Waals surface area contributed by atoms with Gasteiger partial charge in [0, 0.05) is 12.6 Å². The molecule has 25 heavy (non-hydrogen) atoms. The average molecular weight is 382 g/mol. The molecule has 0 aliphatic heterocycles. The Morgan fingerprint density at radius 2 is 1.64 bits per heavy atom. The lowest BCUT2D eigenvalue weighted by Crippen LogP contribution is -2.14. The third kappa shape index (κ3) is 6.29. The van der Waals surface area contributed by atoms with E-state index in [9.17, 15) is 9.59 Å². The highest BCUT2D eigenvalue weighted by Crippen LogP contribution is 2.32. The summed E-state index contributed by atoms with van der Waals surface area (Å²) in [4.78, 5) is 22.8. The highest BCUT2D eigenvalue weighted by Gasteiger charge is 2.08. The molecule has 2 rings (SSSR count). The van der Waals surface area contributed by atoms with Crippen LogP contribution in [0.2, 0.25) is 10.0 Å². The van der Waals surface area contributed by atoms with Gasteiger partial charge in [-0.1, -0.05) is 41.4 Å². The number of halogens is 2. The van der Waals surface area contributed by atoms with Crippen LogP contribution in [0.4, 0.5) is 5.69 Å². The zero-order valence-electron chi connectivity index (χ0n) is 13.6. The van der Waals surface area contributed by atoms with Crippen LogP contribution in [0.5, 0.6) is 5.75 Å². The predicted molar refractivity (Wildman–Crippen MR) is 97.4 cm³/mol. The molecule has 0 atom stereocenters. The molecule has 0 spiro atoms. The third-order valence-corrected chi connectivity index (χ3v) is 3.73. The summed E-state index contributed by atoms with van der Waals surface area (Å²) >= 11 is 12.0. The molecule has 0 aliphatic rings. The minimum atomic E-state index is -0.374. The Bertz CT molecular complexity index is 727. The fourth-order valence-corrected chi connectivity index (χ4v) is 2.55. The van der Waals surface area contributed by atoms with E-state index in [1.807, 2.05) is 0 Å². The molecule has 0 radical (unpaired) electrons. The number of anilines is 1. The van der Waals surface area contributed by atoms with Gasteiger partial charge in [-0.25, -0.2) is 0 Å². The maximum atomic E-state index is 11.8. The molecule has 0 bridgehead atoms. The van der Waals surface area contributed by atoms with E-state index in [4.69, 9.17) is 32.7 Å². The first-order valence-corrected chi connectivity index (χ1v) is 8.30. The van der Waals surface area contributed by atoms with Crippen LogP contribution < -0.4 is 10.1 Å². The molecule has 0 saturated heterocycles. The summed E-state index contributed by atoms with van der Waals surface area (Å²) in [6.45, 7) is 1.67. The summed E-state index contributed by atoms with van der Waals surface area (Å²) in [5.41, 5.74) is 1.46. The molecule has 0 aliphatic carbocycles. The monoisotopic (exact) mass is 381 g/mol. The largest absolute Gasteiger partial charge is 0.487 e. The van der Waals surface area contributed by atoms with Crippen LogP contribution in [0.1, 0.15) is 12.5 Å². The molecule has 0 unspecified atom stereocenters. The summed E-state index contributed by atoms with van der Waals surface area (Å²) in [5, 5.41) is 3.46. The van der Waals surface area contributed by atoms with Gasteiger partial charge in [0.15, 0.2) is 5.75 Å². The van der Waals surface area contributed by atoms with Gasteiger partial charge >= 0.3 is 5.97 Å². The van der Waals surface area contributed by atoms with E-state index in [0.717, 1.165) is 5.56 Å². The molecule has 5 nitrogen and oxygen atoms in total. The fraction of sp³-hybridized carbons (Fsp3) is 0.222. The van der Waals surface area contributed by atoms with Crippen molar-refractivity contribution >= 4 is 40.8 Å². The van der Waals surface area contributed by atoms with Crippen molar-refractivity contribution in [3.8, 4) is 5.75 Å². The molecule has 2 aromatic carbocycles. The van der Waals surface area contributed by atoms with Gasteiger partial charge in [0.05, 0.1) is 16.5 Å². The minimum absolute atomic E-state index is 0.0877. The van der Waals surface area contributed by atoms with E-state index >= 15 is 0 Å². The lowest BCUT2D eigenvalue weighted by molar-refractivity contribution is -0.143. The van der Waals surface area contributed by atoms with E-state index in [-0.39, 0.29) is 31.5 Å². The molecule has 1 N–H and O–H groups in total. The number of carbonyl (C=O) groups is 2. The first-order chi connectivity index (χ1) is 12.0. The highest BCUT2D eigenvalue weighted by molar-refractivity contribution is 6.37. The second-order valence-electron chi connectivity index (χ2n) is 5.17. The number of amides is 1. The molecule has 1 amide bonds. The van der Waals surface area contributed by atoms with Gasteiger partial charge in [0.2, 0.25) is 5.91 Å². The van der Waals surface area contributed by atoms with Crippen LogP contribution in [0, 0.1) is 0 Å². The molecule has 132 valence electrons. The van der Waals surface area contributed by atoms with Crippen molar-refractivity contribution in [2.75, 3.05) is 18.5 Å². The summed E-state index contributed by atoms with van der Waals surface area (Å²) in [6, 6.07) is 12.0. The SMILES string of the molecule is CC(=O)Nc1ccc(CC(=O)OCCOc2c(Cl)cccc2Cl)cc1. The van der Waals surface area contributed by atoms with Crippen LogP contribution in [0.3, 0.4) is 0 Å². The van der Waals surface area contributed by atoms with Gasteiger partial charge in [-0.15, -0.1) is 0 Å². The van der Waals surface area contributed by atoms with Crippen molar-refractivity contribution in [1.82, 2.24) is 0 Å². The maximum absolute atomic E-state index is 11.8. The first kappa shape index (κ1) is 19.1. The van der Waals surface area contributed by atoms with E-state index in [0.29, 0.717) is 21.5 Å². The molecular weight excluding hydrogens is 365 g/mol. The number of benzene rings is 2. The Kier molecular flexibility index (Phi) is 7.10. The quantitative estimate of drug-likeness (QED) is 0.578. The topological polar surface area (TPSA) is 64.6 Å². The van der Waals surface area contributed by atoms with Crippen LogP contribution >= 0.6 is 23.2 Å². The van der Waals surface area contributed by atoms with Crippen LogP contribution in [-0.2, 0) is 20.7 Å². The van der Waals surface area contributed by atoms with Crippen LogP contribution in [-0.4, -0.2) is 25.1 Å². The van der Waals surface area contributed by atoms with Gasteiger partial charge in [-0.2, -0.15) is 0 Å². The summed E-state index contributed by atoms with van der Waals surface area (Å²) in [5.74, 6) is -0.151. The van der Waals surface area contributed by atoms with Crippen LogP contribution in [0.15, 0.2) is 42.5 Å². The van der Waals surface area contributed by atoms with Gasteiger partial charge in [-0.3, -0.25) is 9.59 Å². The highest BCUT2D eigenvalue weighted by atomic mass is 35.5. The Balaban J connectivity index is 1.74. The number of esters is 1. The van der Waals surface area contributed by atoms with Gasteiger partial charge in [0.1, 0.15) is 13.2 Å². The van der Waals surface area contributed by atoms with Crippen molar-refractivity contribution in [3.05, 3.63) is 58.1 Å². The Morgan fingerprint density at radius 3 is 2.24 bits per heavy atom. The number of hydrogen-bond donors (Lipinski definition) is 1. The molecule has 0 aromatic heterocycles. The minimum Gasteiger partial charge on any atom is -0.487 e. The van der Waals surface area contributed by atoms with E-state index in [1.165, 1.54) is 6.92 Å². The summed E-state index contributed by atoms with van der Waals surface area (Å²) in [6.07, 6.45) is 0.132. The number of carbonyl (C=O) groups excluding carboxylic acids is 2. The van der Waals surface area contributed by atoms with Gasteiger partial charge in [-0.05, 0) is 29.8 Å². The lowest BCUT2D eigenvalue weighted by Gasteiger charge is -2.10. The predicted octanol–water partition coefficient (Wildman–Crippen LogP) is 4.12. The van der Waals surface area contributed by atoms with E-state index in [1.54, 1.807) is 42.5 Å². The maximum Gasteiger partial charge on any atom is 0.310 e. The second-order valence-corrected chi connectivity index (χ2v) is 5.99. The number of rotatable bonds is 7. The zero-order valence-corrected chi connectivity index (χ0v) is 15.1. The Labute approximate surface area is 155 Å². The second kappa shape index (κ2) is 9.30.